The SMILES string of the molecule is CC(c1cccs1)N(C)C(=O)c1cccc(CCl)c1. The molecule has 4 heteroatoms. The van der Waals surface area contributed by atoms with Crippen molar-refractivity contribution < 1.29 is 4.79 Å². The number of amides is 1. The lowest BCUT2D eigenvalue weighted by Crippen LogP contribution is -2.29. The number of thiophene rings is 1. The normalized spacial score (nSPS) is 12.2. The fourth-order valence-corrected chi connectivity index (χ4v) is 2.88. The molecule has 0 aliphatic heterocycles. The van der Waals surface area contributed by atoms with Crippen molar-refractivity contribution in [3.8, 4) is 0 Å². The predicted octanol–water partition coefficient (Wildman–Crippen LogP) is 4.32. The predicted molar refractivity (Wildman–Crippen MR) is 80.8 cm³/mol. The van der Waals surface area contributed by atoms with Crippen molar-refractivity contribution in [2.75, 3.05) is 7.05 Å². The molecule has 1 aromatic heterocycles. The summed E-state index contributed by atoms with van der Waals surface area (Å²) < 4.78 is 0. The summed E-state index contributed by atoms with van der Waals surface area (Å²) >= 11 is 7.47. The number of carbonyl (C=O) groups is 1. The number of hydrogen-bond acceptors (Lipinski definition) is 2. The first-order valence-corrected chi connectivity index (χ1v) is 7.50. The number of hydrogen-bond donors (Lipinski definition) is 0. The van der Waals surface area contributed by atoms with Crippen molar-refractivity contribution >= 4 is 28.8 Å². The molecule has 1 amide bonds. The number of benzene rings is 1. The topological polar surface area (TPSA) is 20.3 Å². The summed E-state index contributed by atoms with van der Waals surface area (Å²) in [6, 6.07) is 11.6. The van der Waals surface area contributed by atoms with E-state index >= 15 is 0 Å². The second-order valence-corrected chi connectivity index (χ2v) is 5.69. The number of alkyl halides is 1. The third-order valence-electron chi connectivity index (χ3n) is 3.18. The molecule has 0 saturated carbocycles. The Balaban J connectivity index is 2.18. The fourth-order valence-electron chi connectivity index (χ4n) is 1.89. The maximum atomic E-state index is 12.4. The van der Waals surface area contributed by atoms with Crippen LogP contribution in [0.15, 0.2) is 41.8 Å². The van der Waals surface area contributed by atoms with Crippen LogP contribution in [0.2, 0.25) is 0 Å². The molecule has 0 radical (unpaired) electrons. The molecule has 1 unspecified atom stereocenters. The summed E-state index contributed by atoms with van der Waals surface area (Å²) in [6.07, 6.45) is 0. The van der Waals surface area contributed by atoms with E-state index < -0.39 is 0 Å². The Morgan fingerprint density at radius 1 is 1.37 bits per heavy atom. The van der Waals surface area contributed by atoms with Gasteiger partial charge in [-0.3, -0.25) is 4.79 Å². The van der Waals surface area contributed by atoms with Crippen LogP contribution >= 0.6 is 22.9 Å². The molecule has 0 saturated heterocycles. The molecule has 0 spiro atoms. The first kappa shape index (κ1) is 14.1. The summed E-state index contributed by atoms with van der Waals surface area (Å²) in [5.74, 6) is 0.443. The highest BCUT2D eigenvalue weighted by molar-refractivity contribution is 7.10. The third-order valence-corrected chi connectivity index (χ3v) is 4.54. The lowest BCUT2D eigenvalue weighted by Gasteiger charge is -2.24. The average Bonchev–Trinajstić information content (AvgIpc) is 2.99. The van der Waals surface area contributed by atoms with Crippen molar-refractivity contribution in [3.05, 3.63) is 57.8 Å². The van der Waals surface area contributed by atoms with Gasteiger partial charge in [0.1, 0.15) is 0 Å². The van der Waals surface area contributed by atoms with Gasteiger partial charge in [-0.1, -0.05) is 18.2 Å². The smallest absolute Gasteiger partial charge is 0.254 e. The molecule has 1 heterocycles. The Morgan fingerprint density at radius 3 is 2.79 bits per heavy atom. The molecular formula is C15H16ClNOS. The van der Waals surface area contributed by atoms with Crippen LogP contribution in [0.4, 0.5) is 0 Å². The third kappa shape index (κ3) is 3.17. The molecule has 1 aromatic carbocycles. The first-order chi connectivity index (χ1) is 9.13. The van der Waals surface area contributed by atoms with Crippen molar-refractivity contribution in [3.63, 3.8) is 0 Å². The van der Waals surface area contributed by atoms with Crippen LogP contribution in [0.1, 0.15) is 33.8 Å². The van der Waals surface area contributed by atoms with E-state index in [2.05, 4.69) is 0 Å². The monoisotopic (exact) mass is 293 g/mol. The maximum Gasteiger partial charge on any atom is 0.254 e. The van der Waals surface area contributed by atoms with E-state index in [1.54, 1.807) is 16.2 Å². The van der Waals surface area contributed by atoms with Gasteiger partial charge in [-0.25, -0.2) is 0 Å². The molecule has 0 aliphatic carbocycles. The highest BCUT2D eigenvalue weighted by atomic mass is 35.5. The van der Waals surface area contributed by atoms with E-state index in [1.807, 2.05) is 55.7 Å². The van der Waals surface area contributed by atoms with Gasteiger partial charge in [-0.15, -0.1) is 22.9 Å². The Kier molecular flexibility index (Phi) is 4.61. The zero-order valence-electron chi connectivity index (χ0n) is 11.0. The molecule has 100 valence electrons. The Morgan fingerprint density at radius 2 is 2.16 bits per heavy atom. The minimum atomic E-state index is 0.0212. The Labute approximate surface area is 122 Å². The molecule has 1 atom stereocenters. The van der Waals surface area contributed by atoms with Gasteiger partial charge in [-0.2, -0.15) is 0 Å². The van der Waals surface area contributed by atoms with Gasteiger partial charge in [0.05, 0.1) is 6.04 Å². The Hall–Kier alpha value is -1.32. The van der Waals surface area contributed by atoms with Crippen molar-refractivity contribution in [2.45, 2.75) is 18.8 Å². The minimum absolute atomic E-state index is 0.0212. The highest BCUT2D eigenvalue weighted by Gasteiger charge is 2.19. The largest absolute Gasteiger partial charge is 0.334 e. The summed E-state index contributed by atoms with van der Waals surface area (Å²) in [4.78, 5) is 15.4. The maximum absolute atomic E-state index is 12.4. The molecule has 19 heavy (non-hydrogen) atoms. The van der Waals surface area contributed by atoms with E-state index in [0.29, 0.717) is 11.4 Å². The standard InChI is InChI=1S/C15H16ClNOS/c1-11(14-7-4-8-19-14)17(2)15(18)13-6-3-5-12(9-13)10-16/h3-9,11H,10H2,1-2H3. The molecule has 2 aromatic rings. The van der Waals surface area contributed by atoms with Gasteiger partial charge in [0.15, 0.2) is 0 Å². The van der Waals surface area contributed by atoms with E-state index in [1.165, 1.54) is 4.88 Å². The van der Waals surface area contributed by atoms with Crippen LogP contribution in [-0.2, 0) is 5.88 Å². The van der Waals surface area contributed by atoms with Crippen LogP contribution in [0, 0.1) is 0 Å². The number of carbonyl (C=O) groups excluding carboxylic acids is 1. The second-order valence-electron chi connectivity index (χ2n) is 4.44. The van der Waals surface area contributed by atoms with Gasteiger partial charge in [0, 0.05) is 23.4 Å². The quantitative estimate of drug-likeness (QED) is 0.769. The van der Waals surface area contributed by atoms with Crippen LogP contribution in [-0.4, -0.2) is 17.9 Å². The number of nitrogens with zero attached hydrogens (tertiary/aromatic N) is 1. The van der Waals surface area contributed by atoms with Crippen molar-refractivity contribution in [1.29, 1.82) is 0 Å². The molecule has 0 N–H and O–H groups in total. The first-order valence-electron chi connectivity index (χ1n) is 6.09. The molecule has 0 aliphatic rings. The summed E-state index contributed by atoms with van der Waals surface area (Å²) in [5.41, 5.74) is 1.65. The van der Waals surface area contributed by atoms with Crippen molar-refractivity contribution in [2.24, 2.45) is 0 Å². The van der Waals surface area contributed by atoms with Gasteiger partial charge >= 0.3 is 0 Å². The molecule has 2 nitrogen and oxygen atoms in total. The summed E-state index contributed by atoms with van der Waals surface area (Å²) in [5, 5.41) is 2.03. The summed E-state index contributed by atoms with van der Waals surface area (Å²) in [6.45, 7) is 2.04. The van der Waals surface area contributed by atoms with Crippen LogP contribution in [0.25, 0.3) is 0 Å². The molecule has 0 fully saturated rings. The van der Waals surface area contributed by atoms with Crippen molar-refractivity contribution in [1.82, 2.24) is 4.90 Å². The van der Waals surface area contributed by atoms with Gasteiger partial charge in [0.2, 0.25) is 0 Å². The van der Waals surface area contributed by atoms with Crippen LogP contribution in [0.3, 0.4) is 0 Å². The van der Waals surface area contributed by atoms with E-state index in [-0.39, 0.29) is 11.9 Å². The van der Waals surface area contributed by atoms with Gasteiger partial charge in [-0.05, 0) is 36.1 Å². The summed E-state index contributed by atoms with van der Waals surface area (Å²) in [7, 11) is 1.83. The molecular weight excluding hydrogens is 278 g/mol. The average molecular weight is 294 g/mol. The van der Waals surface area contributed by atoms with Crippen LogP contribution in [0.5, 0.6) is 0 Å². The molecule has 0 bridgehead atoms. The lowest BCUT2D eigenvalue weighted by molar-refractivity contribution is 0.0745. The fraction of sp³-hybridized carbons (Fsp3) is 0.267. The zero-order valence-corrected chi connectivity index (χ0v) is 12.5. The van der Waals surface area contributed by atoms with Gasteiger partial charge in [0.25, 0.3) is 5.91 Å². The molecule has 2 rings (SSSR count). The van der Waals surface area contributed by atoms with E-state index in [4.69, 9.17) is 11.6 Å². The van der Waals surface area contributed by atoms with Crippen LogP contribution < -0.4 is 0 Å². The van der Waals surface area contributed by atoms with E-state index in [9.17, 15) is 4.79 Å². The highest BCUT2D eigenvalue weighted by Crippen LogP contribution is 2.24. The minimum Gasteiger partial charge on any atom is -0.334 e. The lowest BCUT2D eigenvalue weighted by atomic mass is 10.1. The second kappa shape index (κ2) is 6.22. The van der Waals surface area contributed by atoms with Gasteiger partial charge < -0.3 is 4.90 Å². The Bertz CT molecular complexity index is 553. The van der Waals surface area contributed by atoms with E-state index in [0.717, 1.165) is 5.56 Å². The number of halogens is 1. The zero-order chi connectivity index (χ0) is 13.8. The number of rotatable bonds is 4.